The van der Waals surface area contributed by atoms with E-state index in [2.05, 4.69) is 58.0 Å². The van der Waals surface area contributed by atoms with Gasteiger partial charge >= 0.3 is 0 Å². The maximum absolute atomic E-state index is 6.02. The van der Waals surface area contributed by atoms with Gasteiger partial charge in [0.15, 0.2) is 5.96 Å². The molecule has 0 aliphatic carbocycles. The van der Waals surface area contributed by atoms with Crippen molar-refractivity contribution in [2.24, 2.45) is 4.99 Å². The molecule has 150 valence electrons. The number of para-hydroxylation sites is 1. The predicted molar refractivity (Wildman–Crippen MR) is 126 cm³/mol. The van der Waals surface area contributed by atoms with Crippen LogP contribution in [0.5, 0.6) is 5.75 Å². The molecule has 7 heteroatoms. The van der Waals surface area contributed by atoms with Crippen LogP contribution in [0.1, 0.15) is 24.3 Å². The third-order valence-corrected chi connectivity index (χ3v) is 5.09. The van der Waals surface area contributed by atoms with Crippen molar-refractivity contribution in [2.45, 2.75) is 26.9 Å². The van der Waals surface area contributed by atoms with E-state index in [9.17, 15) is 0 Å². The second-order valence-corrected chi connectivity index (χ2v) is 6.87. The minimum Gasteiger partial charge on any atom is -0.492 e. The Morgan fingerprint density at radius 3 is 2.48 bits per heavy atom. The van der Waals surface area contributed by atoms with Crippen molar-refractivity contribution in [3.8, 4) is 5.75 Å². The molecule has 2 rings (SSSR count). The van der Waals surface area contributed by atoms with E-state index in [4.69, 9.17) is 4.74 Å². The molecule has 0 fully saturated rings. The molecule has 0 radical (unpaired) electrons. The molecule has 1 aromatic carbocycles. The van der Waals surface area contributed by atoms with Crippen molar-refractivity contribution < 1.29 is 4.74 Å². The van der Waals surface area contributed by atoms with Crippen molar-refractivity contribution in [1.29, 1.82) is 0 Å². The highest BCUT2D eigenvalue weighted by Gasteiger charge is 2.06. The zero-order chi connectivity index (χ0) is 18.6. The highest BCUT2D eigenvalue weighted by Crippen LogP contribution is 2.17. The number of thiophene rings is 1. The Bertz CT molecular complexity index is 660. The molecular formula is C20H31IN4OS. The Hall–Kier alpha value is -1.32. The van der Waals surface area contributed by atoms with Gasteiger partial charge in [0.2, 0.25) is 0 Å². The molecule has 0 amide bonds. The number of halogens is 1. The number of hydrogen-bond donors (Lipinski definition) is 2. The summed E-state index contributed by atoms with van der Waals surface area (Å²) in [6.45, 7) is 9.55. The highest BCUT2D eigenvalue weighted by molar-refractivity contribution is 14.0. The Labute approximate surface area is 184 Å². The van der Waals surface area contributed by atoms with Gasteiger partial charge in [0.25, 0.3) is 0 Å². The number of hydrogen-bond acceptors (Lipinski definition) is 4. The van der Waals surface area contributed by atoms with Crippen LogP contribution >= 0.6 is 35.3 Å². The van der Waals surface area contributed by atoms with Crippen molar-refractivity contribution in [1.82, 2.24) is 15.5 Å². The van der Waals surface area contributed by atoms with Crippen LogP contribution in [0.2, 0.25) is 0 Å². The van der Waals surface area contributed by atoms with Gasteiger partial charge in [-0.15, -0.1) is 35.3 Å². The lowest BCUT2D eigenvalue weighted by Crippen LogP contribution is -2.36. The van der Waals surface area contributed by atoms with Crippen molar-refractivity contribution >= 4 is 41.3 Å². The third-order valence-electron chi connectivity index (χ3n) is 4.21. The molecule has 0 saturated heterocycles. The van der Waals surface area contributed by atoms with Crippen LogP contribution < -0.4 is 15.4 Å². The van der Waals surface area contributed by atoms with E-state index < -0.39 is 0 Å². The molecule has 0 spiro atoms. The molecule has 0 atom stereocenters. The lowest BCUT2D eigenvalue weighted by atomic mass is 10.2. The van der Waals surface area contributed by atoms with Crippen LogP contribution in [0.4, 0.5) is 0 Å². The number of rotatable bonds is 10. The fraction of sp³-hybridized carbons (Fsp3) is 0.450. The van der Waals surface area contributed by atoms with E-state index in [1.54, 1.807) is 18.4 Å². The average molecular weight is 502 g/mol. The number of likely N-dealkylation sites (N-methyl/N-ethyl adjacent to an activating group) is 1. The fourth-order valence-corrected chi connectivity index (χ4v) is 3.24. The number of guanidine groups is 1. The fourth-order valence-electron chi connectivity index (χ4n) is 2.60. The quantitative estimate of drug-likeness (QED) is 0.294. The Morgan fingerprint density at radius 2 is 1.81 bits per heavy atom. The molecule has 1 heterocycles. The number of ether oxygens (including phenoxy) is 1. The first-order chi connectivity index (χ1) is 12.8. The third kappa shape index (κ3) is 8.49. The second-order valence-electron chi connectivity index (χ2n) is 5.84. The van der Waals surface area contributed by atoms with Crippen LogP contribution in [0.3, 0.4) is 0 Å². The lowest BCUT2D eigenvalue weighted by Gasteiger charge is -2.19. The van der Waals surface area contributed by atoms with E-state index in [1.807, 2.05) is 18.2 Å². The summed E-state index contributed by atoms with van der Waals surface area (Å²) >= 11 is 1.74. The largest absolute Gasteiger partial charge is 0.492 e. The summed E-state index contributed by atoms with van der Waals surface area (Å²) in [7, 11) is 1.79. The van der Waals surface area contributed by atoms with E-state index in [-0.39, 0.29) is 24.0 Å². The first kappa shape index (κ1) is 23.7. The van der Waals surface area contributed by atoms with Crippen molar-refractivity contribution in [3.05, 3.63) is 52.2 Å². The summed E-state index contributed by atoms with van der Waals surface area (Å²) < 4.78 is 6.02. The van der Waals surface area contributed by atoms with Crippen LogP contribution in [-0.4, -0.2) is 44.1 Å². The zero-order valence-corrected chi connectivity index (χ0v) is 19.6. The minimum atomic E-state index is 0. The van der Waals surface area contributed by atoms with E-state index in [0.29, 0.717) is 13.2 Å². The Balaban J connectivity index is 0.00000364. The van der Waals surface area contributed by atoms with Crippen LogP contribution in [0.25, 0.3) is 0 Å². The molecule has 1 aromatic heterocycles. The van der Waals surface area contributed by atoms with Gasteiger partial charge in [0, 0.05) is 30.6 Å². The normalized spacial score (nSPS) is 11.2. The lowest BCUT2D eigenvalue weighted by molar-refractivity contribution is 0.221. The molecule has 0 aliphatic rings. The summed E-state index contributed by atoms with van der Waals surface area (Å²) in [5, 5.41) is 8.78. The van der Waals surface area contributed by atoms with Gasteiger partial charge in [-0.05, 0) is 30.6 Å². The van der Waals surface area contributed by atoms with Gasteiger partial charge in [0.05, 0.1) is 6.54 Å². The van der Waals surface area contributed by atoms with E-state index in [1.165, 1.54) is 4.88 Å². The Kier molecular flexibility index (Phi) is 12.1. The standard InChI is InChI=1S/C20H30N4OS.HI/c1-4-24(5-2)12-13-25-19-11-7-6-9-17(19)15-22-20(21-3)23-16-18-10-8-14-26-18;/h6-11,14H,4-5,12-13,15-16H2,1-3H3,(H2,21,22,23);1H. The highest BCUT2D eigenvalue weighted by atomic mass is 127. The van der Waals surface area contributed by atoms with Crippen LogP contribution in [0, 0.1) is 0 Å². The molecule has 2 aromatic rings. The van der Waals surface area contributed by atoms with E-state index >= 15 is 0 Å². The molecule has 0 unspecified atom stereocenters. The van der Waals surface area contributed by atoms with Crippen LogP contribution in [-0.2, 0) is 13.1 Å². The minimum absolute atomic E-state index is 0. The number of nitrogens with one attached hydrogen (secondary N) is 2. The SMILES string of the molecule is CCN(CC)CCOc1ccccc1CNC(=NC)NCc1cccs1.I. The number of aliphatic imine (C=N–C) groups is 1. The van der Waals surface area contributed by atoms with Gasteiger partial charge in [-0.1, -0.05) is 38.1 Å². The van der Waals surface area contributed by atoms with Crippen molar-refractivity contribution in [3.63, 3.8) is 0 Å². The molecule has 0 bridgehead atoms. The first-order valence-electron chi connectivity index (χ1n) is 9.16. The molecule has 2 N–H and O–H groups in total. The topological polar surface area (TPSA) is 48.9 Å². The maximum Gasteiger partial charge on any atom is 0.191 e. The smallest absolute Gasteiger partial charge is 0.191 e. The van der Waals surface area contributed by atoms with E-state index in [0.717, 1.165) is 43.5 Å². The zero-order valence-electron chi connectivity index (χ0n) is 16.4. The summed E-state index contributed by atoms with van der Waals surface area (Å²) in [5.74, 6) is 1.72. The summed E-state index contributed by atoms with van der Waals surface area (Å²) in [5.41, 5.74) is 1.13. The molecule has 0 aliphatic heterocycles. The summed E-state index contributed by atoms with van der Waals surface area (Å²) in [4.78, 5) is 7.93. The predicted octanol–water partition coefficient (Wildman–Crippen LogP) is 3.95. The Morgan fingerprint density at radius 1 is 1.07 bits per heavy atom. The van der Waals surface area contributed by atoms with Crippen LogP contribution in [0.15, 0.2) is 46.8 Å². The first-order valence-corrected chi connectivity index (χ1v) is 10.0. The molecular weight excluding hydrogens is 471 g/mol. The number of benzene rings is 1. The molecule has 0 saturated carbocycles. The van der Waals surface area contributed by atoms with Gasteiger partial charge in [-0.3, -0.25) is 4.99 Å². The molecule has 27 heavy (non-hydrogen) atoms. The maximum atomic E-state index is 6.02. The van der Waals surface area contributed by atoms with Gasteiger partial charge < -0.3 is 20.3 Å². The van der Waals surface area contributed by atoms with Gasteiger partial charge in [-0.2, -0.15) is 0 Å². The van der Waals surface area contributed by atoms with Gasteiger partial charge in [-0.25, -0.2) is 0 Å². The summed E-state index contributed by atoms with van der Waals surface area (Å²) in [6.07, 6.45) is 0. The van der Waals surface area contributed by atoms with Crippen molar-refractivity contribution in [2.75, 3.05) is 33.3 Å². The number of nitrogens with zero attached hydrogens (tertiary/aromatic N) is 2. The monoisotopic (exact) mass is 502 g/mol. The molecule has 5 nitrogen and oxygen atoms in total. The summed E-state index contributed by atoms with van der Waals surface area (Å²) in [6, 6.07) is 12.3. The average Bonchev–Trinajstić information content (AvgIpc) is 3.20. The van der Waals surface area contributed by atoms with Gasteiger partial charge in [0.1, 0.15) is 12.4 Å². The second kappa shape index (κ2) is 13.8.